The average Bonchev–Trinajstić information content (AvgIpc) is 3.20. The molecule has 2 aromatic heterocycles. The van der Waals surface area contributed by atoms with E-state index < -0.39 is 17.3 Å². The third kappa shape index (κ3) is 4.47. The van der Waals surface area contributed by atoms with Gasteiger partial charge in [-0.1, -0.05) is 25.9 Å². The lowest BCUT2D eigenvalue weighted by atomic mass is 9.97. The maximum atomic E-state index is 13.1. The summed E-state index contributed by atoms with van der Waals surface area (Å²) in [5.41, 5.74) is 4.39. The van der Waals surface area contributed by atoms with Crippen LogP contribution in [0.25, 0.3) is 0 Å². The van der Waals surface area contributed by atoms with Gasteiger partial charge in [-0.3, -0.25) is 28.5 Å². The van der Waals surface area contributed by atoms with Crippen LogP contribution in [0.2, 0.25) is 0 Å². The molecule has 0 saturated carbocycles. The lowest BCUT2D eigenvalue weighted by Crippen LogP contribution is -2.52. The van der Waals surface area contributed by atoms with Gasteiger partial charge in [0.2, 0.25) is 5.89 Å². The van der Waals surface area contributed by atoms with Crippen molar-refractivity contribution in [2.24, 2.45) is 14.1 Å². The normalized spacial score (nSPS) is 17.1. The van der Waals surface area contributed by atoms with Gasteiger partial charge in [-0.25, -0.2) is 4.79 Å². The van der Waals surface area contributed by atoms with Crippen LogP contribution in [0.3, 0.4) is 0 Å². The molecule has 1 aliphatic heterocycles. The molecule has 0 radical (unpaired) electrons. The molecule has 0 amide bonds. The number of carbonyl (C=O) groups is 1. The van der Waals surface area contributed by atoms with Crippen molar-refractivity contribution in [2.45, 2.75) is 45.7 Å². The number of aromatic nitrogens is 4. The molecule has 11 heteroatoms. The second-order valence-corrected chi connectivity index (χ2v) is 9.08. The molecule has 1 atom stereocenters. The minimum atomic E-state index is -0.664. The lowest BCUT2D eigenvalue weighted by molar-refractivity contribution is 0.0679. The van der Waals surface area contributed by atoms with E-state index in [9.17, 15) is 14.4 Å². The van der Waals surface area contributed by atoms with E-state index in [2.05, 4.69) is 15.0 Å². The van der Waals surface area contributed by atoms with Gasteiger partial charge in [-0.15, -0.1) is 0 Å². The van der Waals surface area contributed by atoms with Crippen LogP contribution in [0.5, 0.6) is 0 Å². The minimum absolute atomic E-state index is 0.102. The van der Waals surface area contributed by atoms with Crippen LogP contribution >= 0.6 is 0 Å². The Morgan fingerprint density at radius 2 is 1.74 bits per heavy atom. The summed E-state index contributed by atoms with van der Waals surface area (Å²) in [5, 5.41) is 4.07. The number of hydrogen-bond acceptors (Lipinski definition) is 9. The number of nitrogens with two attached hydrogens (primary N) is 1. The van der Waals surface area contributed by atoms with Crippen LogP contribution in [0, 0.1) is 0 Å². The maximum Gasteiger partial charge on any atom is 0.332 e. The molecule has 2 N–H and O–H groups in total. The van der Waals surface area contributed by atoms with Crippen LogP contribution in [0.1, 0.15) is 49.8 Å². The van der Waals surface area contributed by atoms with Crippen LogP contribution < -0.4 is 17.0 Å². The number of carbonyl (C=O) groups excluding carboxylic acids is 1. The predicted molar refractivity (Wildman–Crippen MR) is 115 cm³/mol. The van der Waals surface area contributed by atoms with E-state index in [4.69, 9.17) is 10.3 Å². The summed E-state index contributed by atoms with van der Waals surface area (Å²) < 4.78 is 7.38. The second-order valence-electron chi connectivity index (χ2n) is 9.08. The smallest absolute Gasteiger partial charge is 0.332 e. The highest BCUT2D eigenvalue weighted by molar-refractivity contribution is 6.03. The van der Waals surface area contributed by atoms with Gasteiger partial charge in [0.1, 0.15) is 11.4 Å². The molecule has 3 rings (SSSR count). The summed E-state index contributed by atoms with van der Waals surface area (Å²) in [7, 11) is 2.79. The summed E-state index contributed by atoms with van der Waals surface area (Å²) in [5.74, 6) is 0.770. The molecule has 0 aliphatic carbocycles. The molecule has 1 saturated heterocycles. The van der Waals surface area contributed by atoms with Gasteiger partial charge in [0.05, 0.1) is 12.6 Å². The number of nitrogen functional groups attached to an aromatic ring is 1. The molecule has 2 aromatic rings. The number of rotatable bonds is 5. The molecule has 0 aromatic carbocycles. The van der Waals surface area contributed by atoms with E-state index in [1.165, 1.54) is 14.1 Å². The highest BCUT2D eigenvalue weighted by Gasteiger charge is 2.31. The van der Waals surface area contributed by atoms with Crippen LogP contribution in [-0.2, 0) is 26.1 Å². The van der Waals surface area contributed by atoms with E-state index in [0.717, 1.165) is 22.2 Å². The first-order chi connectivity index (χ1) is 14.4. The Bertz CT molecular complexity index is 1080. The summed E-state index contributed by atoms with van der Waals surface area (Å²) in [6.45, 7) is 11.1. The molecular formula is C20H31N7O4. The number of Topliss-reactive ketones (excluding diaryl/α,β-unsaturated/α-hetero) is 1. The van der Waals surface area contributed by atoms with Crippen molar-refractivity contribution >= 4 is 11.6 Å². The Morgan fingerprint density at radius 1 is 1.13 bits per heavy atom. The summed E-state index contributed by atoms with van der Waals surface area (Å²) in [6.07, 6.45) is 0. The molecule has 1 unspecified atom stereocenters. The number of ketones is 1. The second kappa shape index (κ2) is 8.39. The van der Waals surface area contributed by atoms with E-state index in [1.54, 1.807) is 6.92 Å². The Kier molecular flexibility index (Phi) is 6.19. The fourth-order valence-electron chi connectivity index (χ4n) is 3.60. The first kappa shape index (κ1) is 22.9. The first-order valence-corrected chi connectivity index (χ1v) is 10.3. The van der Waals surface area contributed by atoms with Gasteiger partial charge in [0.15, 0.2) is 11.6 Å². The van der Waals surface area contributed by atoms with Gasteiger partial charge >= 0.3 is 5.69 Å². The van der Waals surface area contributed by atoms with Crippen LogP contribution in [-0.4, -0.2) is 67.1 Å². The molecule has 0 spiro atoms. The number of hydrogen-bond donors (Lipinski definition) is 1. The SMILES string of the molecule is CC(C(=O)c1c(N)n(C)c(=O)n(C)c1=O)N1CCN(Cc2noc(C(C)(C)C)n2)CC1. The monoisotopic (exact) mass is 433 g/mol. The third-order valence-corrected chi connectivity index (χ3v) is 5.77. The zero-order chi connectivity index (χ0) is 23.1. The molecule has 11 nitrogen and oxygen atoms in total. The standard InChI is InChI=1S/C20H31N7O4/c1-12(15(28)14-16(21)24(5)19(30)25(6)17(14)29)27-9-7-26(8-10-27)11-13-22-18(31-23-13)20(2,3)4/h12H,7-11,21H2,1-6H3. The number of anilines is 1. The van der Waals surface area contributed by atoms with Crippen molar-refractivity contribution < 1.29 is 9.32 Å². The van der Waals surface area contributed by atoms with Crippen LogP contribution in [0.15, 0.2) is 14.1 Å². The first-order valence-electron chi connectivity index (χ1n) is 10.3. The zero-order valence-electron chi connectivity index (χ0n) is 19.0. The highest BCUT2D eigenvalue weighted by Crippen LogP contribution is 2.20. The van der Waals surface area contributed by atoms with Crippen LogP contribution in [0.4, 0.5) is 5.82 Å². The topological polar surface area (TPSA) is 132 Å². The lowest BCUT2D eigenvalue weighted by Gasteiger charge is -2.37. The van der Waals surface area contributed by atoms with Gasteiger partial charge in [-0.2, -0.15) is 4.98 Å². The predicted octanol–water partition coefficient (Wildman–Crippen LogP) is -0.264. The van der Waals surface area contributed by atoms with Gasteiger partial charge in [0, 0.05) is 45.7 Å². The van der Waals surface area contributed by atoms with E-state index in [-0.39, 0.29) is 22.6 Å². The number of nitrogens with zero attached hydrogens (tertiary/aromatic N) is 6. The quantitative estimate of drug-likeness (QED) is 0.633. The van der Waals surface area contributed by atoms with E-state index in [0.29, 0.717) is 31.3 Å². The molecule has 0 bridgehead atoms. The van der Waals surface area contributed by atoms with Crippen molar-refractivity contribution in [3.8, 4) is 0 Å². The van der Waals surface area contributed by atoms with Crippen molar-refractivity contribution in [1.82, 2.24) is 29.1 Å². The fraction of sp³-hybridized carbons (Fsp3) is 0.650. The Balaban J connectivity index is 1.66. The molecule has 1 fully saturated rings. The Hall–Kier alpha value is -2.79. The summed E-state index contributed by atoms with van der Waals surface area (Å²) in [4.78, 5) is 46.3. The Morgan fingerprint density at radius 3 is 2.29 bits per heavy atom. The highest BCUT2D eigenvalue weighted by atomic mass is 16.5. The molecule has 170 valence electrons. The fourth-order valence-corrected chi connectivity index (χ4v) is 3.60. The van der Waals surface area contributed by atoms with Gasteiger partial charge < -0.3 is 10.3 Å². The minimum Gasteiger partial charge on any atom is -0.384 e. The van der Waals surface area contributed by atoms with Crippen molar-refractivity contribution in [3.63, 3.8) is 0 Å². The summed E-state index contributed by atoms with van der Waals surface area (Å²) in [6, 6.07) is -0.535. The van der Waals surface area contributed by atoms with E-state index >= 15 is 0 Å². The molecule has 3 heterocycles. The van der Waals surface area contributed by atoms with Gasteiger partial charge in [0.25, 0.3) is 5.56 Å². The zero-order valence-corrected chi connectivity index (χ0v) is 19.0. The molecular weight excluding hydrogens is 402 g/mol. The van der Waals surface area contributed by atoms with Crippen molar-refractivity contribution in [1.29, 1.82) is 0 Å². The maximum absolute atomic E-state index is 13.1. The van der Waals surface area contributed by atoms with Crippen molar-refractivity contribution in [3.05, 3.63) is 38.1 Å². The van der Waals surface area contributed by atoms with Crippen molar-refractivity contribution in [2.75, 3.05) is 31.9 Å². The largest absolute Gasteiger partial charge is 0.384 e. The average molecular weight is 434 g/mol. The third-order valence-electron chi connectivity index (χ3n) is 5.77. The van der Waals surface area contributed by atoms with E-state index in [1.807, 2.05) is 25.7 Å². The molecule has 1 aliphatic rings. The summed E-state index contributed by atoms with van der Waals surface area (Å²) >= 11 is 0. The molecule has 31 heavy (non-hydrogen) atoms. The number of piperazine rings is 1. The Labute approximate surface area is 180 Å². The van der Waals surface area contributed by atoms with Gasteiger partial charge in [-0.05, 0) is 6.92 Å².